The van der Waals surface area contributed by atoms with Crippen molar-refractivity contribution >= 4 is 29.9 Å². The first-order valence-electron chi connectivity index (χ1n) is 7.69. The molecule has 7 heteroatoms. The van der Waals surface area contributed by atoms with Gasteiger partial charge in [0.2, 0.25) is 0 Å². The Hall–Kier alpha value is -1.77. The smallest absolute Gasteiger partial charge is 0.191 e. The third-order valence-corrected chi connectivity index (χ3v) is 3.76. The lowest BCUT2D eigenvalue weighted by Gasteiger charge is -2.12. The van der Waals surface area contributed by atoms with Crippen LogP contribution < -0.4 is 15.4 Å². The van der Waals surface area contributed by atoms with Crippen LogP contribution in [0.5, 0.6) is 5.75 Å². The molecule has 0 spiro atoms. The quantitative estimate of drug-likeness (QED) is 0.409. The molecule has 1 aromatic carbocycles. The van der Waals surface area contributed by atoms with Crippen LogP contribution in [0.15, 0.2) is 35.5 Å². The fourth-order valence-electron chi connectivity index (χ4n) is 2.31. The first-order chi connectivity index (χ1) is 11.1. The van der Waals surface area contributed by atoms with E-state index in [0.29, 0.717) is 6.54 Å². The second kappa shape index (κ2) is 10.2. The molecule has 0 aliphatic heterocycles. The number of aryl methyl sites for hydroxylation is 2. The third kappa shape index (κ3) is 5.70. The van der Waals surface area contributed by atoms with E-state index in [2.05, 4.69) is 38.9 Å². The molecule has 0 amide bonds. The third-order valence-electron chi connectivity index (χ3n) is 3.76. The number of guanidine groups is 1. The maximum atomic E-state index is 5.36. The summed E-state index contributed by atoms with van der Waals surface area (Å²) < 4.78 is 7.21. The standard InChI is InChI=1S/C17H25N5O.HI/c1-13-5-6-14(11-16(13)23-4)7-9-19-17(18-2)20-12-15-8-10-21-22(15)3;/h5-6,8,10-11H,7,9,12H2,1-4H3,(H2,18,19,20);1H. The molecule has 0 saturated heterocycles. The molecule has 0 aliphatic rings. The van der Waals surface area contributed by atoms with Gasteiger partial charge in [0, 0.05) is 26.8 Å². The summed E-state index contributed by atoms with van der Waals surface area (Å²) in [5, 5.41) is 10.8. The second-order valence-electron chi connectivity index (χ2n) is 5.35. The Balaban J connectivity index is 0.00000288. The number of hydrogen-bond donors (Lipinski definition) is 2. The summed E-state index contributed by atoms with van der Waals surface area (Å²) in [6, 6.07) is 8.29. The first-order valence-corrected chi connectivity index (χ1v) is 7.69. The van der Waals surface area contributed by atoms with Crippen LogP contribution in [0.3, 0.4) is 0 Å². The van der Waals surface area contributed by atoms with E-state index in [1.54, 1.807) is 20.4 Å². The van der Waals surface area contributed by atoms with Crippen molar-refractivity contribution in [2.45, 2.75) is 19.9 Å². The van der Waals surface area contributed by atoms with Crippen molar-refractivity contribution in [3.63, 3.8) is 0 Å². The average Bonchev–Trinajstić information content (AvgIpc) is 2.97. The van der Waals surface area contributed by atoms with Crippen LogP contribution in [0, 0.1) is 6.92 Å². The largest absolute Gasteiger partial charge is 0.496 e. The summed E-state index contributed by atoms with van der Waals surface area (Å²) in [6.07, 6.45) is 2.70. The molecule has 0 saturated carbocycles. The molecule has 1 aromatic heterocycles. The molecule has 2 aromatic rings. The van der Waals surface area contributed by atoms with Gasteiger partial charge in [-0.2, -0.15) is 5.10 Å². The summed E-state index contributed by atoms with van der Waals surface area (Å²) >= 11 is 0. The highest BCUT2D eigenvalue weighted by atomic mass is 127. The predicted molar refractivity (Wildman–Crippen MR) is 108 cm³/mol. The van der Waals surface area contributed by atoms with Crippen molar-refractivity contribution < 1.29 is 4.74 Å². The Morgan fingerprint density at radius 1 is 1.29 bits per heavy atom. The monoisotopic (exact) mass is 443 g/mol. The van der Waals surface area contributed by atoms with Gasteiger partial charge < -0.3 is 15.4 Å². The van der Waals surface area contributed by atoms with Gasteiger partial charge in [0.15, 0.2) is 5.96 Å². The summed E-state index contributed by atoms with van der Waals surface area (Å²) in [4.78, 5) is 4.24. The molecule has 1 heterocycles. The molecule has 0 unspecified atom stereocenters. The Bertz CT molecular complexity index is 669. The van der Waals surface area contributed by atoms with Gasteiger partial charge >= 0.3 is 0 Å². The van der Waals surface area contributed by atoms with Gasteiger partial charge in [-0.05, 0) is 36.6 Å². The molecule has 0 aliphatic carbocycles. The van der Waals surface area contributed by atoms with Gasteiger partial charge in [-0.1, -0.05) is 12.1 Å². The maximum absolute atomic E-state index is 5.36. The van der Waals surface area contributed by atoms with Crippen LogP contribution in [0.1, 0.15) is 16.8 Å². The molecule has 24 heavy (non-hydrogen) atoms. The highest BCUT2D eigenvalue weighted by Crippen LogP contribution is 2.18. The molecule has 6 nitrogen and oxygen atoms in total. The van der Waals surface area contributed by atoms with Crippen molar-refractivity contribution in [3.05, 3.63) is 47.3 Å². The molecular weight excluding hydrogens is 417 g/mol. The number of rotatable bonds is 6. The van der Waals surface area contributed by atoms with Crippen LogP contribution in [0.2, 0.25) is 0 Å². The van der Waals surface area contributed by atoms with Gasteiger partial charge in [0.1, 0.15) is 5.75 Å². The number of methoxy groups -OCH3 is 1. The van der Waals surface area contributed by atoms with Crippen molar-refractivity contribution in [2.75, 3.05) is 20.7 Å². The Labute approximate surface area is 160 Å². The van der Waals surface area contributed by atoms with Gasteiger partial charge in [-0.15, -0.1) is 24.0 Å². The lowest BCUT2D eigenvalue weighted by molar-refractivity contribution is 0.411. The summed E-state index contributed by atoms with van der Waals surface area (Å²) in [6.45, 7) is 3.54. The maximum Gasteiger partial charge on any atom is 0.191 e. The SMILES string of the molecule is CN=C(NCCc1ccc(C)c(OC)c1)NCc1ccnn1C.I. The lowest BCUT2D eigenvalue weighted by atomic mass is 10.1. The van der Waals surface area contributed by atoms with E-state index < -0.39 is 0 Å². The zero-order valence-electron chi connectivity index (χ0n) is 14.7. The first kappa shape index (κ1) is 20.3. The zero-order valence-corrected chi connectivity index (χ0v) is 17.0. The number of aromatic nitrogens is 2. The Morgan fingerprint density at radius 2 is 2.08 bits per heavy atom. The van der Waals surface area contributed by atoms with Crippen molar-refractivity contribution in [2.24, 2.45) is 12.0 Å². The minimum atomic E-state index is 0. The van der Waals surface area contributed by atoms with Gasteiger partial charge in [-0.3, -0.25) is 9.67 Å². The molecule has 2 N–H and O–H groups in total. The van der Waals surface area contributed by atoms with E-state index in [4.69, 9.17) is 4.74 Å². The fourth-order valence-corrected chi connectivity index (χ4v) is 2.31. The number of ether oxygens (including phenoxy) is 1. The Morgan fingerprint density at radius 3 is 2.71 bits per heavy atom. The van der Waals surface area contributed by atoms with Crippen LogP contribution in [-0.2, 0) is 20.0 Å². The molecule has 132 valence electrons. The summed E-state index contributed by atoms with van der Waals surface area (Å²) in [7, 11) is 5.40. The normalized spacial score (nSPS) is 10.9. The summed E-state index contributed by atoms with van der Waals surface area (Å²) in [5.74, 6) is 1.71. The number of aliphatic imine (C=N–C) groups is 1. The number of hydrogen-bond acceptors (Lipinski definition) is 3. The fraction of sp³-hybridized carbons (Fsp3) is 0.412. The number of benzene rings is 1. The van der Waals surface area contributed by atoms with Crippen LogP contribution in [0.4, 0.5) is 0 Å². The van der Waals surface area contributed by atoms with E-state index in [9.17, 15) is 0 Å². The number of halogens is 1. The lowest BCUT2D eigenvalue weighted by Crippen LogP contribution is -2.38. The van der Waals surface area contributed by atoms with Crippen molar-refractivity contribution in [1.29, 1.82) is 0 Å². The highest BCUT2D eigenvalue weighted by molar-refractivity contribution is 14.0. The van der Waals surface area contributed by atoms with E-state index in [0.717, 1.165) is 35.9 Å². The molecule has 0 bridgehead atoms. The van der Waals surface area contributed by atoms with Crippen LogP contribution in [-0.4, -0.2) is 36.4 Å². The molecule has 2 rings (SSSR count). The minimum Gasteiger partial charge on any atom is -0.496 e. The molecule has 0 atom stereocenters. The second-order valence-corrected chi connectivity index (χ2v) is 5.35. The predicted octanol–water partition coefficient (Wildman–Crippen LogP) is 2.26. The molecule has 0 radical (unpaired) electrons. The summed E-state index contributed by atoms with van der Waals surface area (Å²) in [5.41, 5.74) is 3.50. The topological polar surface area (TPSA) is 63.5 Å². The molecule has 0 fully saturated rings. The van der Waals surface area contributed by atoms with E-state index in [1.807, 2.05) is 24.7 Å². The van der Waals surface area contributed by atoms with Crippen molar-refractivity contribution in [3.8, 4) is 5.75 Å². The number of nitrogens with zero attached hydrogens (tertiary/aromatic N) is 3. The Kier molecular flexibility index (Phi) is 8.59. The van der Waals surface area contributed by atoms with Gasteiger partial charge in [0.05, 0.1) is 19.3 Å². The molecular formula is C17H26IN5O. The highest BCUT2D eigenvalue weighted by Gasteiger charge is 2.03. The minimum absolute atomic E-state index is 0. The number of nitrogens with one attached hydrogen (secondary N) is 2. The van der Waals surface area contributed by atoms with E-state index in [1.165, 1.54) is 5.56 Å². The van der Waals surface area contributed by atoms with E-state index in [-0.39, 0.29) is 24.0 Å². The zero-order chi connectivity index (χ0) is 16.7. The van der Waals surface area contributed by atoms with E-state index >= 15 is 0 Å². The van der Waals surface area contributed by atoms with Crippen LogP contribution in [0.25, 0.3) is 0 Å². The van der Waals surface area contributed by atoms with Crippen molar-refractivity contribution in [1.82, 2.24) is 20.4 Å². The van der Waals surface area contributed by atoms with Gasteiger partial charge in [0.25, 0.3) is 0 Å². The van der Waals surface area contributed by atoms with Crippen LogP contribution >= 0.6 is 24.0 Å². The average molecular weight is 443 g/mol. The van der Waals surface area contributed by atoms with Gasteiger partial charge in [-0.25, -0.2) is 0 Å².